The molecule has 2 aliphatic rings. The molecule has 1 aliphatic carbocycles. The second-order valence-corrected chi connectivity index (χ2v) is 5.24. The second kappa shape index (κ2) is 2.04. The third-order valence-corrected chi connectivity index (χ3v) is 5.27. The van der Waals surface area contributed by atoms with Crippen molar-refractivity contribution in [2.24, 2.45) is 11.8 Å². The summed E-state index contributed by atoms with van der Waals surface area (Å²) in [6.45, 7) is 0. The minimum atomic E-state index is 1.07. The van der Waals surface area contributed by atoms with Crippen LogP contribution in [0.2, 0.25) is 10.6 Å². The zero-order valence-corrected chi connectivity index (χ0v) is 6.81. The zero-order valence-electron chi connectivity index (χ0n) is 5.10. The Morgan fingerprint density at radius 3 is 2.25 bits per heavy atom. The Labute approximate surface area is 57.2 Å². The number of rotatable bonds is 0. The molecular formula is C7H12Se. The molecule has 0 nitrogen and oxygen atoms in total. The molecule has 0 radical (unpaired) electrons. The van der Waals surface area contributed by atoms with Crippen molar-refractivity contribution in [1.29, 1.82) is 0 Å². The average molecular weight is 175 g/mol. The van der Waals surface area contributed by atoms with E-state index in [1.165, 1.54) is 11.8 Å². The van der Waals surface area contributed by atoms with Crippen LogP contribution in [0.1, 0.15) is 19.3 Å². The molecule has 0 amide bonds. The first-order chi connectivity index (χ1) is 3.97. The van der Waals surface area contributed by atoms with Crippen LogP contribution in [-0.2, 0) is 0 Å². The van der Waals surface area contributed by atoms with Gasteiger partial charge in [-0.3, -0.25) is 0 Å². The van der Waals surface area contributed by atoms with Gasteiger partial charge in [0.2, 0.25) is 0 Å². The molecule has 1 saturated heterocycles. The van der Waals surface area contributed by atoms with Crippen LogP contribution in [0.25, 0.3) is 0 Å². The summed E-state index contributed by atoms with van der Waals surface area (Å²) >= 11 is 1.07. The molecule has 2 fully saturated rings. The summed E-state index contributed by atoms with van der Waals surface area (Å²) in [6.07, 6.45) is 4.70. The van der Waals surface area contributed by atoms with Crippen molar-refractivity contribution in [3.8, 4) is 0 Å². The molecule has 0 aromatic carbocycles. The van der Waals surface area contributed by atoms with Crippen molar-refractivity contribution in [2.45, 2.75) is 29.9 Å². The van der Waals surface area contributed by atoms with Gasteiger partial charge in [-0.1, -0.05) is 0 Å². The Bertz CT molecular complexity index is 70.4. The topological polar surface area (TPSA) is 0 Å². The van der Waals surface area contributed by atoms with E-state index in [4.69, 9.17) is 0 Å². The normalized spacial score (nSPS) is 45.0. The Hall–Kier alpha value is 0.519. The van der Waals surface area contributed by atoms with E-state index in [2.05, 4.69) is 0 Å². The average Bonchev–Trinajstić information content (AvgIpc) is 2.15. The van der Waals surface area contributed by atoms with E-state index < -0.39 is 0 Å². The first kappa shape index (κ1) is 5.32. The first-order valence-corrected chi connectivity index (χ1v) is 5.97. The van der Waals surface area contributed by atoms with Crippen molar-refractivity contribution in [3.05, 3.63) is 0 Å². The maximum atomic E-state index is 1.62. The van der Waals surface area contributed by atoms with E-state index in [0.717, 1.165) is 15.0 Å². The fourth-order valence-corrected chi connectivity index (χ4v) is 5.32. The predicted octanol–water partition coefficient (Wildman–Crippen LogP) is 1.96. The van der Waals surface area contributed by atoms with Crippen LogP contribution in [0.3, 0.4) is 0 Å². The van der Waals surface area contributed by atoms with Gasteiger partial charge in [0.25, 0.3) is 0 Å². The summed E-state index contributed by atoms with van der Waals surface area (Å²) in [7, 11) is 0. The van der Waals surface area contributed by atoms with Crippen LogP contribution in [0, 0.1) is 11.8 Å². The fourth-order valence-electron chi connectivity index (χ4n) is 1.92. The van der Waals surface area contributed by atoms with Gasteiger partial charge >= 0.3 is 56.7 Å². The Balaban J connectivity index is 2.04. The van der Waals surface area contributed by atoms with E-state index in [1.54, 1.807) is 29.9 Å². The van der Waals surface area contributed by atoms with E-state index in [1.807, 2.05) is 0 Å². The molecule has 1 heterocycles. The van der Waals surface area contributed by atoms with Gasteiger partial charge in [0.15, 0.2) is 0 Å². The number of hydrogen-bond acceptors (Lipinski definition) is 0. The molecule has 0 unspecified atom stereocenters. The Morgan fingerprint density at radius 1 is 1.00 bits per heavy atom. The van der Waals surface area contributed by atoms with E-state index >= 15 is 0 Å². The molecule has 8 heavy (non-hydrogen) atoms. The third kappa shape index (κ3) is 0.728. The van der Waals surface area contributed by atoms with Gasteiger partial charge in [0.1, 0.15) is 0 Å². The van der Waals surface area contributed by atoms with Gasteiger partial charge in [-0.15, -0.1) is 0 Å². The van der Waals surface area contributed by atoms with Gasteiger partial charge in [0, 0.05) is 0 Å². The summed E-state index contributed by atoms with van der Waals surface area (Å²) in [4.78, 5) is 0. The van der Waals surface area contributed by atoms with Crippen LogP contribution in [0.4, 0.5) is 0 Å². The molecule has 0 N–H and O–H groups in total. The summed E-state index contributed by atoms with van der Waals surface area (Å²) < 4.78 is 0. The van der Waals surface area contributed by atoms with Crippen molar-refractivity contribution in [2.75, 3.05) is 0 Å². The molecule has 1 saturated carbocycles. The zero-order chi connectivity index (χ0) is 5.40. The molecule has 2 atom stereocenters. The third-order valence-electron chi connectivity index (χ3n) is 2.48. The van der Waals surface area contributed by atoms with Gasteiger partial charge in [-0.2, -0.15) is 0 Å². The molecule has 46 valence electrons. The SMILES string of the molecule is C1C[C@@H]2C[Se]C[C@@H]2C1. The van der Waals surface area contributed by atoms with Crippen molar-refractivity contribution < 1.29 is 0 Å². The quantitative estimate of drug-likeness (QED) is 0.493. The maximum absolute atomic E-state index is 1.62. The predicted molar refractivity (Wildman–Crippen MR) is 36.2 cm³/mol. The first-order valence-electron chi connectivity index (χ1n) is 3.54. The summed E-state index contributed by atoms with van der Waals surface area (Å²) in [6, 6.07) is 0. The van der Waals surface area contributed by atoms with Gasteiger partial charge in [0.05, 0.1) is 0 Å². The molecule has 2 rings (SSSR count). The van der Waals surface area contributed by atoms with Crippen molar-refractivity contribution >= 4 is 15.0 Å². The van der Waals surface area contributed by atoms with Crippen LogP contribution in [-0.4, -0.2) is 15.0 Å². The molecular weight excluding hydrogens is 163 g/mol. The van der Waals surface area contributed by atoms with Crippen LogP contribution < -0.4 is 0 Å². The van der Waals surface area contributed by atoms with Crippen molar-refractivity contribution in [1.82, 2.24) is 0 Å². The molecule has 1 heteroatoms. The second-order valence-electron chi connectivity index (χ2n) is 2.99. The van der Waals surface area contributed by atoms with Gasteiger partial charge in [-0.05, 0) is 0 Å². The summed E-state index contributed by atoms with van der Waals surface area (Å²) in [5.41, 5.74) is 0. The molecule has 0 aromatic heterocycles. The van der Waals surface area contributed by atoms with Crippen LogP contribution >= 0.6 is 0 Å². The van der Waals surface area contributed by atoms with Crippen LogP contribution in [0.15, 0.2) is 0 Å². The Kier molecular flexibility index (Phi) is 1.35. The number of fused-ring (bicyclic) bond motifs is 1. The van der Waals surface area contributed by atoms with Crippen molar-refractivity contribution in [3.63, 3.8) is 0 Å². The van der Waals surface area contributed by atoms with Gasteiger partial charge in [-0.25, -0.2) is 0 Å². The van der Waals surface area contributed by atoms with Crippen LogP contribution in [0.5, 0.6) is 0 Å². The van der Waals surface area contributed by atoms with Gasteiger partial charge < -0.3 is 0 Å². The monoisotopic (exact) mass is 176 g/mol. The summed E-state index contributed by atoms with van der Waals surface area (Å²) in [5, 5.41) is 3.25. The standard InChI is InChI=1S/C7H12Se/c1-2-6-4-8-5-7(6)3-1/h6-7H,1-5H2/t6-,7+. The van der Waals surface area contributed by atoms with E-state index in [-0.39, 0.29) is 0 Å². The fraction of sp³-hybridized carbons (Fsp3) is 1.00. The summed E-state index contributed by atoms with van der Waals surface area (Å²) in [5.74, 6) is 2.41. The molecule has 1 aliphatic heterocycles. The molecule has 0 bridgehead atoms. The van der Waals surface area contributed by atoms with E-state index in [9.17, 15) is 0 Å². The Morgan fingerprint density at radius 2 is 1.62 bits per heavy atom. The number of hydrogen-bond donors (Lipinski definition) is 0. The molecule has 0 spiro atoms. The van der Waals surface area contributed by atoms with E-state index in [0.29, 0.717) is 0 Å². The minimum absolute atomic E-state index is 1.07. The molecule has 0 aromatic rings.